The Morgan fingerprint density at radius 3 is 2.37 bits per heavy atom. The van der Waals surface area contributed by atoms with Crippen molar-refractivity contribution in [3.63, 3.8) is 0 Å². The van der Waals surface area contributed by atoms with E-state index in [0.29, 0.717) is 0 Å². The lowest BCUT2D eigenvalue weighted by atomic mass is 9.95. The summed E-state index contributed by atoms with van der Waals surface area (Å²) >= 11 is 1.64. The summed E-state index contributed by atoms with van der Waals surface area (Å²) in [5.41, 5.74) is 13.7. The fraction of sp³-hybridized carbons (Fsp3) is 0.211. The number of hydrogen-bond donors (Lipinski definition) is 0. The van der Waals surface area contributed by atoms with Crippen molar-refractivity contribution in [1.29, 1.82) is 0 Å². The number of nitrogens with zero attached hydrogens (tertiary/aromatic N) is 5. The third kappa shape index (κ3) is 9.05. The van der Waals surface area contributed by atoms with Crippen LogP contribution in [0.1, 0.15) is 83.6 Å². The van der Waals surface area contributed by atoms with Crippen LogP contribution in [0.3, 0.4) is 0 Å². The summed E-state index contributed by atoms with van der Waals surface area (Å²) in [6.07, 6.45) is 37.8. The van der Waals surface area contributed by atoms with Crippen molar-refractivity contribution in [2.24, 2.45) is 21.8 Å². The first kappa shape index (κ1) is 44.6. The van der Waals surface area contributed by atoms with Gasteiger partial charge in [0.2, 0.25) is 0 Å². The quantitative estimate of drug-likeness (QED) is 0.131. The maximum absolute atomic E-state index is 5.57. The van der Waals surface area contributed by atoms with Gasteiger partial charge in [0.15, 0.2) is 0 Å². The molecule has 3 aromatic heterocycles. The maximum Gasteiger partial charge on any atom is 0.137 e. The molecule has 2 aromatic carbocycles. The van der Waals surface area contributed by atoms with Crippen molar-refractivity contribution in [3.05, 3.63) is 197 Å². The van der Waals surface area contributed by atoms with Crippen LogP contribution < -0.4 is 0 Å². The second kappa shape index (κ2) is 20.6. The van der Waals surface area contributed by atoms with E-state index >= 15 is 0 Å². The molecular formula is C57H59N5S. The van der Waals surface area contributed by atoms with Crippen LogP contribution in [0.15, 0.2) is 184 Å². The van der Waals surface area contributed by atoms with E-state index in [1.807, 2.05) is 49.9 Å². The molecule has 1 aliphatic carbocycles. The lowest BCUT2D eigenvalue weighted by Gasteiger charge is -2.18. The van der Waals surface area contributed by atoms with Gasteiger partial charge in [0.25, 0.3) is 0 Å². The number of thioether (sulfide) groups is 1. The molecule has 0 bridgehead atoms. The van der Waals surface area contributed by atoms with E-state index in [-0.39, 0.29) is 17.9 Å². The summed E-state index contributed by atoms with van der Waals surface area (Å²) in [5.74, 6) is 1.31. The first-order chi connectivity index (χ1) is 30.8. The minimum atomic E-state index is -0.106. The third-order valence-corrected chi connectivity index (χ3v) is 12.6. The minimum absolute atomic E-state index is 0.106. The van der Waals surface area contributed by atoms with Crippen molar-refractivity contribution in [2.75, 3.05) is 0 Å². The summed E-state index contributed by atoms with van der Waals surface area (Å²) in [4.78, 5) is 16.5. The van der Waals surface area contributed by atoms with E-state index in [9.17, 15) is 0 Å². The Hall–Kier alpha value is -6.50. The molecule has 63 heavy (non-hydrogen) atoms. The Labute approximate surface area is 378 Å². The van der Waals surface area contributed by atoms with Gasteiger partial charge in [-0.2, -0.15) is 0 Å². The standard InChI is InChI=1S/C55H53N5S.C2H6/c1-8-11-29-51(61-10-3)39(6)38(5)36-41(20-9-2)45-24-14-17-30-52(58-45)60-47-26-16-13-23-43(47)54-50(60)28-18-27-49-53(54)42-22-12-15-25-46(42)59(49)48-33-35-57-55-40(7)56-34-19-21-37(4)31-32-44(48)55;1-2/h8-23,25-27,29-38,40H,1,3,24,28H2,2,4-7H3;1-2H3/b20-9-,21-19-,29-11-,32-31-,41-36+,51-39-,56-34?;. The zero-order valence-corrected chi connectivity index (χ0v) is 38.6. The zero-order valence-electron chi connectivity index (χ0n) is 37.8. The zero-order chi connectivity index (χ0) is 44.5. The summed E-state index contributed by atoms with van der Waals surface area (Å²) in [5, 5.41) is 4.29. The highest BCUT2D eigenvalue weighted by atomic mass is 32.2. The number of aliphatic imine (C=N–C) groups is 2. The van der Waals surface area contributed by atoms with Crippen LogP contribution >= 0.6 is 11.8 Å². The Kier molecular flexibility index (Phi) is 14.6. The predicted octanol–water partition coefficient (Wildman–Crippen LogP) is 15.8. The normalized spacial score (nSPS) is 19.2. The van der Waals surface area contributed by atoms with Crippen LogP contribution in [0.5, 0.6) is 0 Å². The van der Waals surface area contributed by atoms with E-state index < -0.39 is 0 Å². The van der Waals surface area contributed by atoms with Gasteiger partial charge < -0.3 is 4.57 Å². The van der Waals surface area contributed by atoms with Crippen LogP contribution in [0.2, 0.25) is 0 Å². The number of allylic oxidation sites excluding steroid dienone is 15. The number of rotatable bonds is 10. The van der Waals surface area contributed by atoms with E-state index in [4.69, 9.17) is 15.0 Å². The molecule has 6 heteroatoms. The Balaban J connectivity index is 0.00000293. The topological polar surface area (TPSA) is 47.5 Å². The SMILES string of the molecule is C=C/C=C\C(SC=C)=C(/C)C(C)/C=C(\C=C/C)C1=NC(n2c3c(c4ccccc42)-c2c(n(-c4ccnc5c4/C=C\C(C)/C=C\C=NC5C)c4ccccc24)C=CC3)=CC=CC1.CC. The van der Waals surface area contributed by atoms with Crippen LogP contribution in [-0.4, -0.2) is 26.0 Å². The first-order valence-electron chi connectivity index (χ1n) is 22.2. The molecule has 5 nitrogen and oxygen atoms in total. The molecule has 0 N–H and O–H groups in total. The fourth-order valence-corrected chi connectivity index (χ4v) is 9.34. The molecule has 0 amide bonds. The molecule has 5 aromatic rings. The molecule has 3 unspecified atom stereocenters. The van der Waals surface area contributed by atoms with E-state index in [1.165, 1.54) is 38.1 Å². The van der Waals surface area contributed by atoms with Gasteiger partial charge in [0.05, 0.1) is 39.9 Å². The highest BCUT2D eigenvalue weighted by Crippen LogP contribution is 2.47. The molecule has 5 heterocycles. The second-order valence-corrected chi connectivity index (χ2v) is 16.7. The van der Waals surface area contributed by atoms with Crippen LogP contribution in [0.4, 0.5) is 0 Å². The van der Waals surface area contributed by atoms with Crippen molar-refractivity contribution in [1.82, 2.24) is 14.1 Å². The average molecular weight is 846 g/mol. The molecule has 3 atom stereocenters. The number of pyridine rings is 1. The molecule has 0 spiro atoms. The smallest absolute Gasteiger partial charge is 0.137 e. The minimum Gasteiger partial charge on any atom is -0.309 e. The van der Waals surface area contributed by atoms with E-state index in [1.54, 1.807) is 11.8 Å². The van der Waals surface area contributed by atoms with Crippen molar-refractivity contribution in [2.45, 2.75) is 67.3 Å². The molecule has 0 saturated heterocycles. The Morgan fingerprint density at radius 1 is 0.873 bits per heavy atom. The third-order valence-electron chi connectivity index (χ3n) is 11.7. The maximum atomic E-state index is 5.57. The molecule has 8 rings (SSSR count). The van der Waals surface area contributed by atoms with Gasteiger partial charge in [-0.1, -0.05) is 161 Å². The van der Waals surface area contributed by atoms with Gasteiger partial charge in [0.1, 0.15) is 5.82 Å². The van der Waals surface area contributed by atoms with E-state index in [2.05, 4.69) is 184 Å². The number of hydrogen-bond acceptors (Lipinski definition) is 4. The van der Waals surface area contributed by atoms with Crippen molar-refractivity contribution >= 4 is 63.5 Å². The first-order valence-corrected chi connectivity index (χ1v) is 23.1. The molecule has 0 fully saturated rings. The van der Waals surface area contributed by atoms with Crippen molar-refractivity contribution in [3.8, 4) is 16.8 Å². The molecule has 318 valence electrons. The van der Waals surface area contributed by atoms with Crippen LogP contribution in [0.25, 0.3) is 56.6 Å². The number of para-hydroxylation sites is 2. The predicted molar refractivity (Wildman–Crippen MR) is 278 cm³/mol. The Bertz CT molecular complexity index is 2890. The van der Waals surface area contributed by atoms with Gasteiger partial charge in [-0.15, -0.1) is 0 Å². The average Bonchev–Trinajstić information content (AvgIpc) is 3.56. The Morgan fingerprint density at radius 2 is 1.62 bits per heavy atom. The summed E-state index contributed by atoms with van der Waals surface area (Å²) in [6, 6.07) is 19.7. The molecule has 0 saturated carbocycles. The van der Waals surface area contributed by atoms with Crippen LogP contribution in [0, 0.1) is 11.8 Å². The lowest BCUT2D eigenvalue weighted by molar-refractivity contribution is 0.781. The molecule has 0 radical (unpaired) electrons. The van der Waals surface area contributed by atoms with Gasteiger partial charge in [0, 0.05) is 63.3 Å². The lowest BCUT2D eigenvalue weighted by Crippen LogP contribution is -2.07. The molecule has 2 aliphatic heterocycles. The second-order valence-electron chi connectivity index (χ2n) is 15.7. The van der Waals surface area contributed by atoms with Gasteiger partial charge >= 0.3 is 0 Å². The highest BCUT2D eigenvalue weighted by Gasteiger charge is 2.29. The molecule has 3 aliphatic rings. The monoisotopic (exact) mass is 845 g/mol. The van der Waals surface area contributed by atoms with Crippen LogP contribution in [-0.2, 0) is 6.42 Å². The van der Waals surface area contributed by atoms with E-state index in [0.717, 1.165) is 63.6 Å². The highest BCUT2D eigenvalue weighted by molar-refractivity contribution is 8.06. The van der Waals surface area contributed by atoms with Gasteiger partial charge in [-0.05, 0) is 86.1 Å². The van der Waals surface area contributed by atoms with Gasteiger partial charge in [-0.25, -0.2) is 4.99 Å². The molecular weight excluding hydrogens is 787 g/mol. The fourth-order valence-electron chi connectivity index (χ4n) is 8.63. The number of fused-ring (bicyclic) bond motifs is 8. The summed E-state index contributed by atoms with van der Waals surface area (Å²) < 4.78 is 4.84. The van der Waals surface area contributed by atoms with Crippen molar-refractivity contribution < 1.29 is 0 Å². The number of benzene rings is 2. The summed E-state index contributed by atoms with van der Waals surface area (Å²) in [6.45, 7) is 22.7. The number of aromatic nitrogens is 3. The van der Waals surface area contributed by atoms with Gasteiger partial charge in [-0.3, -0.25) is 14.5 Å². The summed E-state index contributed by atoms with van der Waals surface area (Å²) in [7, 11) is 0. The largest absolute Gasteiger partial charge is 0.309 e.